The molecule has 74 heavy (non-hydrogen) atoms. The summed E-state index contributed by atoms with van der Waals surface area (Å²) in [5.41, 5.74) is 5.34. The molecule has 0 bridgehead atoms. The van der Waals surface area contributed by atoms with E-state index in [1.165, 1.54) is 53.9 Å². The van der Waals surface area contributed by atoms with Crippen molar-refractivity contribution in [3.63, 3.8) is 0 Å². The number of thiocyanates is 1. The molecule has 0 heterocycles. The first-order valence-corrected chi connectivity index (χ1v) is 30.2. The van der Waals surface area contributed by atoms with Gasteiger partial charge in [-0.2, -0.15) is 10.5 Å². The highest BCUT2D eigenvalue weighted by Crippen LogP contribution is 2.39. The average Bonchev–Trinajstić information content (AvgIpc) is 3.38. The number of aryl methyl sites for hydroxylation is 1. The minimum Gasteiger partial charge on any atom is -0.208 e. The molecule has 4 aromatic carbocycles. The first-order valence-electron chi connectivity index (χ1n) is 24.1. The van der Waals surface area contributed by atoms with Gasteiger partial charge in [0.2, 0.25) is 0 Å². The molecule has 0 N–H and O–H groups in total. The van der Waals surface area contributed by atoms with E-state index in [2.05, 4.69) is 50.8 Å². The predicted molar refractivity (Wildman–Crippen MR) is 300 cm³/mol. The minimum atomic E-state index is -3.71. The number of hydrogen-bond acceptors (Lipinski definition) is 4. The molecule has 7 rings (SSSR count). The lowest BCUT2D eigenvalue weighted by Gasteiger charge is -2.27. The number of rotatable bonds is 7. The fraction of sp³-hybridized carbons (Fsp3) is 0.377. The minimum absolute atomic E-state index is 0. The van der Waals surface area contributed by atoms with Crippen LogP contribution in [-0.2, 0) is 9.84 Å². The van der Waals surface area contributed by atoms with E-state index < -0.39 is 52.8 Å². The number of terminal acetylenes is 2. The van der Waals surface area contributed by atoms with Crippen molar-refractivity contribution in [1.82, 2.24) is 0 Å². The highest BCUT2D eigenvalue weighted by molar-refractivity contribution is 14.1. The van der Waals surface area contributed by atoms with Crippen LogP contribution >= 0.6 is 22.6 Å². The molecule has 4 aromatic rings. The Morgan fingerprint density at radius 3 is 1.18 bits per heavy atom. The second-order valence-corrected chi connectivity index (χ2v) is 26.9. The molecule has 0 unspecified atom stereocenters. The molecule has 0 radical (unpaired) electrons. The monoisotopic (exact) mass is 1160 g/mol. The summed E-state index contributed by atoms with van der Waals surface area (Å²) >= 11 is 1.70. The number of halogens is 7. The Morgan fingerprint density at radius 1 is 0.595 bits per heavy atom. The molecule has 3 aliphatic rings. The Labute approximate surface area is 452 Å². The summed E-state index contributed by atoms with van der Waals surface area (Å²) in [5.74, 6) is 5.12. The molecule has 0 spiro atoms. The van der Waals surface area contributed by atoms with E-state index in [9.17, 15) is 34.8 Å². The fourth-order valence-corrected chi connectivity index (χ4v) is 9.56. The molecular formula is C61H67F6IN2O2SSi. The normalized spacial score (nSPS) is 19.7. The van der Waals surface area contributed by atoms with E-state index in [0.717, 1.165) is 93.7 Å². The van der Waals surface area contributed by atoms with Crippen molar-refractivity contribution in [3.8, 4) is 47.6 Å². The average molecular weight is 1160 g/mol. The number of benzene rings is 4. The third-order valence-corrected chi connectivity index (χ3v) is 16.2. The summed E-state index contributed by atoms with van der Waals surface area (Å²) in [7, 11) is -4.81. The number of nitriles is 2. The largest absolute Gasteiger partial charge is 0.269 e. The second kappa shape index (κ2) is 31.2. The van der Waals surface area contributed by atoms with E-state index in [4.69, 9.17) is 23.4 Å². The molecule has 0 amide bonds. The van der Waals surface area contributed by atoms with Crippen LogP contribution in [0, 0.1) is 121 Å². The van der Waals surface area contributed by atoms with E-state index in [1.807, 2.05) is 37.0 Å². The lowest BCUT2D eigenvalue weighted by atomic mass is 9.78. The summed E-state index contributed by atoms with van der Waals surface area (Å²) < 4.78 is 104. The van der Waals surface area contributed by atoms with Crippen molar-refractivity contribution in [1.29, 1.82) is 10.5 Å². The van der Waals surface area contributed by atoms with Crippen LogP contribution in [0.5, 0.6) is 0 Å². The van der Waals surface area contributed by atoms with E-state index in [1.54, 1.807) is 40.8 Å². The number of sulfone groups is 1. The van der Waals surface area contributed by atoms with Gasteiger partial charge in [0.25, 0.3) is 9.84 Å². The maximum absolute atomic E-state index is 13.9. The van der Waals surface area contributed by atoms with Gasteiger partial charge in [-0.05, 0) is 213 Å². The Hall–Kier alpha value is -5.76. The molecule has 0 saturated heterocycles. The second-order valence-electron chi connectivity index (χ2n) is 19.4. The van der Waals surface area contributed by atoms with Crippen LogP contribution in [0.1, 0.15) is 136 Å². The van der Waals surface area contributed by atoms with Crippen LogP contribution in [0.4, 0.5) is 26.3 Å². The van der Waals surface area contributed by atoms with E-state index in [-0.39, 0.29) is 38.9 Å². The number of hydrogen-bond donors (Lipinski definition) is 0. The third kappa shape index (κ3) is 20.2. The lowest BCUT2D eigenvalue weighted by molar-refractivity contribution is 0.374. The predicted octanol–water partition coefficient (Wildman–Crippen LogP) is 17.1. The maximum Gasteiger partial charge on any atom is 0.269 e. The van der Waals surface area contributed by atoms with Gasteiger partial charge in [0, 0.05) is 5.92 Å². The molecule has 0 aliphatic heterocycles. The van der Waals surface area contributed by atoms with Gasteiger partial charge in [-0.1, -0.05) is 68.9 Å². The summed E-state index contributed by atoms with van der Waals surface area (Å²) in [6.07, 6.45) is 28.1. The zero-order chi connectivity index (χ0) is 54.5. The van der Waals surface area contributed by atoms with Crippen LogP contribution < -0.4 is 0 Å². The van der Waals surface area contributed by atoms with Gasteiger partial charge in [-0.25, -0.2) is 34.8 Å². The molecule has 0 atom stereocenters. The molecule has 3 fully saturated rings. The first-order chi connectivity index (χ1) is 34.5. The Kier molecular flexibility index (Phi) is 27.1. The molecule has 0 aromatic heterocycles. The topological polar surface area (TPSA) is 81.7 Å². The van der Waals surface area contributed by atoms with Crippen molar-refractivity contribution in [2.75, 3.05) is 0 Å². The Balaban J connectivity index is 0.000000328. The zero-order valence-corrected chi connectivity index (χ0v) is 46.0. The van der Waals surface area contributed by atoms with Crippen LogP contribution in [0.25, 0.3) is 0 Å². The maximum atomic E-state index is 13.9. The van der Waals surface area contributed by atoms with Crippen molar-refractivity contribution in [3.05, 3.63) is 170 Å². The first kappa shape index (κ1) is 64.4. The zero-order valence-electron chi connectivity index (χ0n) is 42.0. The summed E-state index contributed by atoms with van der Waals surface area (Å²) in [6.45, 7) is 19.7. The van der Waals surface area contributed by atoms with E-state index >= 15 is 0 Å². The fourth-order valence-electron chi connectivity index (χ4n) is 8.65. The van der Waals surface area contributed by atoms with Crippen LogP contribution in [0.15, 0.2) is 104 Å². The molecule has 3 aliphatic carbocycles. The van der Waals surface area contributed by atoms with Gasteiger partial charge in [-0.3, -0.25) is 0 Å². The van der Waals surface area contributed by atoms with Crippen molar-refractivity contribution >= 4 is 40.5 Å². The van der Waals surface area contributed by atoms with Crippen LogP contribution in [-0.4, -0.2) is 16.5 Å². The molecular weight excluding hydrogens is 1090 g/mol. The quantitative estimate of drug-likeness (QED) is 0.0270. The van der Waals surface area contributed by atoms with Gasteiger partial charge in [0.1, 0.15) is 43.0 Å². The smallest absolute Gasteiger partial charge is 0.208 e. The molecule has 3 saturated carbocycles. The van der Waals surface area contributed by atoms with Gasteiger partial charge >= 0.3 is 0 Å². The standard InChI is InChI=1S/C17H15F2N.C16H16F2.C14H15F2I.C8H7NO2S.C5H10Si.CH4/c1-2-12-5-7-13(8-6-12)14-10-16(18)15(4-3-9-20)17(19)11-14;1-3-11-5-7-12(8-6-11)13-9-15(17)14(4-2)16(18)10-13;1-2-9-3-5-10(6-4-9)11-7-12(15)14(17)13(16)8-11;1-7-2-4-8(5-3-7)12(10,11)6-9;1-5-6(2,3)4;/h2,10-13H,1,5-8H2;2-3,9-12H,1,5-8H2;2,7-10H,1,3-6H2;2-5H,1H3;1H,2-4H3;1H4. The SMILES string of the molecule is C.C#C[Si](C)(C)C.C#Cc1c(F)cc(C2CCC(C=C)CC2)cc1F.C=CC1CCC(c2cc(F)c(C#CC#N)c(F)c2)CC1.C=CC1CCC(c2cc(F)c(I)c(F)c2)CC1.Cc1ccc(S(=O)(=O)C#N)cc1. The summed E-state index contributed by atoms with van der Waals surface area (Å²) in [6, 6.07) is 16.2. The molecule has 13 heteroatoms. The van der Waals surface area contributed by atoms with Gasteiger partial charge in [0.15, 0.2) is 11.5 Å². The molecule has 4 nitrogen and oxygen atoms in total. The van der Waals surface area contributed by atoms with E-state index in [0.29, 0.717) is 29.2 Å². The van der Waals surface area contributed by atoms with Crippen molar-refractivity contribution < 1.29 is 34.8 Å². The Morgan fingerprint density at radius 2 is 0.905 bits per heavy atom. The molecule has 392 valence electrons. The van der Waals surface area contributed by atoms with Crippen molar-refractivity contribution in [2.24, 2.45) is 17.8 Å². The highest BCUT2D eigenvalue weighted by atomic mass is 127. The number of nitrogens with zero attached hydrogens (tertiary/aromatic N) is 2. The van der Waals surface area contributed by atoms with Gasteiger partial charge < -0.3 is 0 Å². The lowest BCUT2D eigenvalue weighted by Crippen LogP contribution is -2.15. The van der Waals surface area contributed by atoms with Gasteiger partial charge in [0.05, 0.1) is 19.6 Å². The van der Waals surface area contributed by atoms with Crippen LogP contribution in [0.2, 0.25) is 19.6 Å². The third-order valence-electron chi connectivity index (χ3n) is 13.1. The van der Waals surface area contributed by atoms with Gasteiger partial charge in [-0.15, -0.1) is 38.1 Å². The summed E-state index contributed by atoms with van der Waals surface area (Å²) in [4.78, 5) is 0.0515. The number of allylic oxidation sites excluding steroid dienone is 3. The van der Waals surface area contributed by atoms with Crippen LogP contribution in [0.3, 0.4) is 0 Å². The highest BCUT2D eigenvalue weighted by Gasteiger charge is 2.25. The summed E-state index contributed by atoms with van der Waals surface area (Å²) in [5, 5.41) is 17.9. The Bertz CT molecular complexity index is 2820. The van der Waals surface area contributed by atoms with Crippen molar-refractivity contribution in [2.45, 2.75) is 134 Å².